The van der Waals surface area contributed by atoms with Gasteiger partial charge in [-0.1, -0.05) is 13.8 Å². The van der Waals surface area contributed by atoms with E-state index in [1.807, 2.05) is 6.92 Å². The molecule has 1 aliphatic carbocycles. The third kappa shape index (κ3) is 2.40. The first kappa shape index (κ1) is 11.1. The molecule has 1 unspecified atom stereocenters. The van der Waals surface area contributed by atoms with Gasteiger partial charge >= 0.3 is 0 Å². The average molecular weight is 222 g/mol. The van der Waals surface area contributed by atoms with E-state index in [9.17, 15) is 4.79 Å². The molecule has 2 rings (SSSR count). The van der Waals surface area contributed by atoms with Crippen LogP contribution in [0.1, 0.15) is 56.0 Å². The van der Waals surface area contributed by atoms with Crippen LogP contribution < -0.4 is 5.32 Å². The van der Waals surface area contributed by atoms with E-state index in [1.54, 1.807) is 0 Å². The second-order valence-electron chi connectivity index (χ2n) is 4.82. The standard InChI is InChI=1S/C11H18N4O/c1-6(2)7(3)12-11(16)10-13-9(14-15-10)8-4-5-8/h6-8H,4-5H2,1-3H3,(H,12,16)(H,13,14,15). The highest BCUT2D eigenvalue weighted by Crippen LogP contribution is 2.37. The van der Waals surface area contributed by atoms with Gasteiger partial charge in [0.2, 0.25) is 5.82 Å². The van der Waals surface area contributed by atoms with Gasteiger partial charge in [0.1, 0.15) is 5.82 Å². The molecule has 16 heavy (non-hydrogen) atoms. The number of rotatable bonds is 4. The minimum atomic E-state index is -0.190. The topological polar surface area (TPSA) is 70.7 Å². The molecule has 0 aliphatic heterocycles. The normalized spacial score (nSPS) is 17.5. The van der Waals surface area contributed by atoms with E-state index >= 15 is 0 Å². The van der Waals surface area contributed by atoms with Gasteiger partial charge in [-0.25, -0.2) is 4.98 Å². The zero-order valence-electron chi connectivity index (χ0n) is 9.95. The highest BCUT2D eigenvalue weighted by atomic mass is 16.2. The van der Waals surface area contributed by atoms with Crippen molar-refractivity contribution in [2.75, 3.05) is 0 Å². The second-order valence-corrected chi connectivity index (χ2v) is 4.82. The van der Waals surface area contributed by atoms with Crippen LogP contribution in [0.15, 0.2) is 0 Å². The fourth-order valence-corrected chi connectivity index (χ4v) is 1.35. The van der Waals surface area contributed by atoms with E-state index in [1.165, 1.54) is 0 Å². The lowest BCUT2D eigenvalue weighted by atomic mass is 10.1. The molecule has 1 amide bonds. The Morgan fingerprint density at radius 2 is 2.12 bits per heavy atom. The third-order valence-corrected chi connectivity index (χ3v) is 3.03. The molecule has 2 N–H and O–H groups in total. The molecule has 0 spiro atoms. The molecule has 5 nitrogen and oxygen atoms in total. The van der Waals surface area contributed by atoms with Gasteiger partial charge in [0.25, 0.3) is 5.91 Å². The number of hydrogen-bond acceptors (Lipinski definition) is 3. The molecule has 1 heterocycles. The van der Waals surface area contributed by atoms with E-state index in [0.717, 1.165) is 18.7 Å². The maximum Gasteiger partial charge on any atom is 0.291 e. The summed E-state index contributed by atoms with van der Waals surface area (Å²) in [6.07, 6.45) is 2.30. The van der Waals surface area contributed by atoms with Gasteiger partial charge in [0, 0.05) is 12.0 Å². The number of nitrogens with zero attached hydrogens (tertiary/aromatic N) is 2. The largest absolute Gasteiger partial charge is 0.347 e. The zero-order valence-corrected chi connectivity index (χ0v) is 9.95. The van der Waals surface area contributed by atoms with Crippen LogP contribution in [0.3, 0.4) is 0 Å². The predicted molar refractivity (Wildman–Crippen MR) is 60.1 cm³/mol. The van der Waals surface area contributed by atoms with Gasteiger partial charge in [0.15, 0.2) is 0 Å². The minimum Gasteiger partial charge on any atom is -0.347 e. The summed E-state index contributed by atoms with van der Waals surface area (Å²) in [5.74, 6) is 1.82. The number of aromatic amines is 1. The van der Waals surface area contributed by atoms with E-state index in [4.69, 9.17) is 0 Å². The number of aromatic nitrogens is 3. The number of hydrogen-bond donors (Lipinski definition) is 2. The molecule has 1 aromatic rings. The highest BCUT2D eigenvalue weighted by Gasteiger charge is 2.28. The molecular formula is C11H18N4O. The molecule has 1 aromatic heterocycles. The summed E-state index contributed by atoms with van der Waals surface area (Å²) in [7, 11) is 0. The molecule has 1 saturated carbocycles. The number of H-pyrrole nitrogens is 1. The Balaban J connectivity index is 1.97. The van der Waals surface area contributed by atoms with Gasteiger partial charge in [-0.3, -0.25) is 9.89 Å². The van der Waals surface area contributed by atoms with Crippen molar-refractivity contribution in [3.05, 3.63) is 11.6 Å². The Kier molecular flexibility index (Phi) is 2.94. The summed E-state index contributed by atoms with van der Waals surface area (Å²) in [4.78, 5) is 16.0. The Labute approximate surface area is 95.0 Å². The maximum atomic E-state index is 11.8. The summed E-state index contributed by atoms with van der Waals surface area (Å²) in [5, 5.41) is 9.66. The molecular weight excluding hydrogens is 204 g/mol. The van der Waals surface area contributed by atoms with Crippen molar-refractivity contribution < 1.29 is 4.79 Å². The van der Waals surface area contributed by atoms with Crippen LogP contribution in [0.4, 0.5) is 0 Å². The van der Waals surface area contributed by atoms with Gasteiger partial charge in [-0.15, -0.1) is 5.10 Å². The first-order chi connectivity index (χ1) is 7.58. The fraction of sp³-hybridized carbons (Fsp3) is 0.727. The number of nitrogens with one attached hydrogen (secondary N) is 2. The summed E-state index contributed by atoms with van der Waals surface area (Å²) in [6, 6.07) is 0.135. The van der Waals surface area contributed by atoms with E-state index in [0.29, 0.717) is 11.8 Å². The van der Waals surface area contributed by atoms with Crippen LogP contribution in [-0.2, 0) is 0 Å². The Morgan fingerprint density at radius 3 is 2.69 bits per heavy atom. The van der Waals surface area contributed by atoms with Crippen molar-refractivity contribution in [2.45, 2.75) is 45.6 Å². The highest BCUT2D eigenvalue weighted by molar-refractivity contribution is 5.90. The van der Waals surface area contributed by atoms with Crippen molar-refractivity contribution >= 4 is 5.91 Å². The number of carbonyl (C=O) groups is 1. The first-order valence-corrected chi connectivity index (χ1v) is 5.81. The lowest BCUT2D eigenvalue weighted by Crippen LogP contribution is -2.36. The van der Waals surface area contributed by atoms with Gasteiger partial charge in [-0.05, 0) is 25.7 Å². The third-order valence-electron chi connectivity index (χ3n) is 3.03. The van der Waals surface area contributed by atoms with Crippen LogP contribution in [0.2, 0.25) is 0 Å². The van der Waals surface area contributed by atoms with Gasteiger partial charge in [0.05, 0.1) is 0 Å². The molecule has 0 saturated heterocycles. The average Bonchev–Trinajstić information content (AvgIpc) is 2.96. The number of carbonyl (C=O) groups excluding carboxylic acids is 1. The molecule has 88 valence electrons. The van der Waals surface area contributed by atoms with E-state index in [2.05, 4.69) is 34.3 Å². The quantitative estimate of drug-likeness (QED) is 0.810. The zero-order chi connectivity index (χ0) is 11.7. The minimum absolute atomic E-state index is 0.135. The molecule has 1 fully saturated rings. The van der Waals surface area contributed by atoms with Crippen LogP contribution in [-0.4, -0.2) is 27.1 Å². The molecule has 0 bridgehead atoms. The number of amides is 1. The summed E-state index contributed by atoms with van der Waals surface area (Å²) in [6.45, 7) is 6.12. The van der Waals surface area contributed by atoms with Crippen LogP contribution in [0, 0.1) is 5.92 Å². The van der Waals surface area contributed by atoms with E-state index in [-0.39, 0.29) is 17.8 Å². The van der Waals surface area contributed by atoms with Crippen LogP contribution in [0.25, 0.3) is 0 Å². The predicted octanol–water partition coefficient (Wildman–Crippen LogP) is 1.46. The van der Waals surface area contributed by atoms with Crippen molar-refractivity contribution in [3.63, 3.8) is 0 Å². The first-order valence-electron chi connectivity index (χ1n) is 5.81. The summed E-state index contributed by atoms with van der Waals surface area (Å²) >= 11 is 0. The lowest BCUT2D eigenvalue weighted by molar-refractivity contribution is 0.0920. The molecule has 5 heteroatoms. The molecule has 1 atom stereocenters. The Bertz CT molecular complexity index is 381. The van der Waals surface area contributed by atoms with Crippen LogP contribution in [0.5, 0.6) is 0 Å². The monoisotopic (exact) mass is 222 g/mol. The van der Waals surface area contributed by atoms with Crippen LogP contribution >= 0.6 is 0 Å². The van der Waals surface area contributed by atoms with Gasteiger partial charge in [-0.2, -0.15) is 0 Å². The van der Waals surface area contributed by atoms with Crippen molar-refractivity contribution in [3.8, 4) is 0 Å². The Hall–Kier alpha value is -1.39. The molecule has 0 aromatic carbocycles. The van der Waals surface area contributed by atoms with Crippen molar-refractivity contribution in [1.82, 2.24) is 20.5 Å². The summed E-state index contributed by atoms with van der Waals surface area (Å²) in [5.41, 5.74) is 0. The van der Waals surface area contributed by atoms with E-state index < -0.39 is 0 Å². The van der Waals surface area contributed by atoms with Gasteiger partial charge < -0.3 is 5.32 Å². The maximum absolute atomic E-state index is 11.8. The fourth-order valence-electron chi connectivity index (χ4n) is 1.35. The van der Waals surface area contributed by atoms with Crippen molar-refractivity contribution in [1.29, 1.82) is 0 Å². The SMILES string of the molecule is CC(C)C(C)NC(=O)c1n[nH]c(C2CC2)n1. The van der Waals surface area contributed by atoms with Crippen molar-refractivity contribution in [2.24, 2.45) is 5.92 Å². The summed E-state index contributed by atoms with van der Waals surface area (Å²) < 4.78 is 0. The molecule has 1 aliphatic rings. The molecule has 0 radical (unpaired) electrons. The smallest absolute Gasteiger partial charge is 0.291 e. The second kappa shape index (κ2) is 4.23. The Morgan fingerprint density at radius 1 is 1.44 bits per heavy atom. The lowest BCUT2D eigenvalue weighted by Gasteiger charge is -2.15.